The molecule has 4 atom stereocenters. The van der Waals surface area contributed by atoms with Crippen LogP contribution < -0.4 is 9.47 Å². The standard InChI is InChI=1S/C25H33NO8/c1-26-9-8-24-21-16-4-5-17(30-3)22(21)34-23(24)18(6-7-25(24,28)19(26)14-16)33-20(27)15-32-13-12-31-11-10-29-2/h4-6,19,23,28H,7-15H2,1-3H3/t19-,23+,24?,25-/m1/s1. The van der Waals surface area contributed by atoms with Crippen LogP contribution in [-0.2, 0) is 35.6 Å². The van der Waals surface area contributed by atoms with Gasteiger partial charge >= 0.3 is 5.97 Å². The van der Waals surface area contributed by atoms with Gasteiger partial charge in [-0.3, -0.25) is 0 Å². The quantitative estimate of drug-likeness (QED) is 0.396. The molecule has 0 aromatic heterocycles. The number of benzene rings is 1. The monoisotopic (exact) mass is 475 g/mol. The summed E-state index contributed by atoms with van der Waals surface area (Å²) in [6.07, 6.45) is 3.02. The molecule has 2 bridgehead atoms. The van der Waals surface area contributed by atoms with Gasteiger partial charge in [-0.25, -0.2) is 4.79 Å². The molecule has 1 saturated heterocycles. The number of hydrogen-bond donors (Lipinski definition) is 1. The Balaban J connectivity index is 1.36. The zero-order valence-electron chi connectivity index (χ0n) is 20.0. The Morgan fingerprint density at radius 1 is 1.21 bits per heavy atom. The highest BCUT2D eigenvalue weighted by atomic mass is 16.6. The molecular formula is C25H33NO8. The van der Waals surface area contributed by atoms with E-state index in [1.807, 2.05) is 12.1 Å². The molecule has 0 amide bonds. The topological polar surface area (TPSA) is 95.9 Å². The number of esters is 1. The number of rotatable bonds is 10. The van der Waals surface area contributed by atoms with Crippen molar-refractivity contribution in [2.45, 2.75) is 42.4 Å². The third-order valence-corrected chi connectivity index (χ3v) is 7.81. The van der Waals surface area contributed by atoms with Crippen molar-refractivity contribution < 1.29 is 38.3 Å². The van der Waals surface area contributed by atoms with Gasteiger partial charge in [0.25, 0.3) is 0 Å². The lowest BCUT2D eigenvalue weighted by molar-refractivity contribution is -0.170. The molecule has 2 heterocycles. The van der Waals surface area contributed by atoms with E-state index in [4.69, 9.17) is 28.4 Å². The van der Waals surface area contributed by atoms with Gasteiger partial charge in [0.1, 0.15) is 12.4 Å². The maximum Gasteiger partial charge on any atom is 0.337 e. The average molecular weight is 476 g/mol. The molecule has 1 spiro atoms. The van der Waals surface area contributed by atoms with E-state index in [1.165, 1.54) is 0 Å². The molecule has 2 aliphatic heterocycles. The lowest BCUT2D eigenvalue weighted by atomic mass is 9.50. The minimum Gasteiger partial charge on any atom is -0.493 e. The zero-order valence-corrected chi connectivity index (χ0v) is 20.0. The van der Waals surface area contributed by atoms with E-state index in [0.717, 1.165) is 24.1 Å². The lowest BCUT2D eigenvalue weighted by Crippen LogP contribution is -2.74. The summed E-state index contributed by atoms with van der Waals surface area (Å²) in [5.41, 5.74) is 0.447. The summed E-state index contributed by atoms with van der Waals surface area (Å²) >= 11 is 0. The predicted molar refractivity (Wildman–Crippen MR) is 121 cm³/mol. The van der Waals surface area contributed by atoms with Crippen LogP contribution in [0.3, 0.4) is 0 Å². The molecule has 5 rings (SSSR count). The zero-order chi connectivity index (χ0) is 23.9. The fourth-order valence-electron chi connectivity index (χ4n) is 6.27. The summed E-state index contributed by atoms with van der Waals surface area (Å²) < 4.78 is 33.5. The number of nitrogens with zero attached hydrogens (tertiary/aromatic N) is 1. The van der Waals surface area contributed by atoms with Crippen molar-refractivity contribution in [1.29, 1.82) is 0 Å². The molecule has 1 unspecified atom stereocenters. The molecule has 34 heavy (non-hydrogen) atoms. The first kappa shape index (κ1) is 23.6. The van der Waals surface area contributed by atoms with E-state index in [9.17, 15) is 9.90 Å². The Kier molecular flexibility index (Phi) is 6.32. The minimum absolute atomic E-state index is 0.0471. The summed E-state index contributed by atoms with van der Waals surface area (Å²) in [7, 11) is 5.28. The van der Waals surface area contributed by atoms with Crippen LogP contribution in [0.15, 0.2) is 24.0 Å². The van der Waals surface area contributed by atoms with Crippen LogP contribution in [0.1, 0.15) is 24.0 Å². The highest BCUT2D eigenvalue weighted by molar-refractivity contribution is 5.73. The molecule has 1 aromatic carbocycles. The highest BCUT2D eigenvalue weighted by Gasteiger charge is 2.72. The first-order valence-corrected chi connectivity index (χ1v) is 11.8. The van der Waals surface area contributed by atoms with Crippen LogP contribution >= 0.6 is 0 Å². The van der Waals surface area contributed by atoms with E-state index in [1.54, 1.807) is 14.2 Å². The minimum atomic E-state index is -1.03. The van der Waals surface area contributed by atoms with Gasteiger partial charge in [-0.2, -0.15) is 0 Å². The van der Waals surface area contributed by atoms with Gasteiger partial charge in [-0.15, -0.1) is 0 Å². The van der Waals surface area contributed by atoms with E-state index in [2.05, 4.69) is 18.0 Å². The highest BCUT2D eigenvalue weighted by Crippen LogP contribution is 2.65. The van der Waals surface area contributed by atoms with Crippen molar-refractivity contribution in [3.05, 3.63) is 35.1 Å². The van der Waals surface area contributed by atoms with Crippen LogP contribution in [0.5, 0.6) is 11.5 Å². The molecule has 9 heteroatoms. The second-order valence-electron chi connectivity index (χ2n) is 9.42. The predicted octanol–water partition coefficient (Wildman–Crippen LogP) is 1.20. The second kappa shape index (κ2) is 9.13. The molecule has 1 N–H and O–H groups in total. The molecule has 9 nitrogen and oxygen atoms in total. The van der Waals surface area contributed by atoms with Gasteiger partial charge in [0.15, 0.2) is 17.6 Å². The van der Waals surface area contributed by atoms with Crippen LogP contribution in [-0.4, -0.2) is 94.6 Å². The van der Waals surface area contributed by atoms with E-state index in [-0.39, 0.29) is 19.3 Å². The first-order valence-electron chi connectivity index (χ1n) is 11.8. The number of hydrogen-bond acceptors (Lipinski definition) is 9. The van der Waals surface area contributed by atoms with Crippen molar-refractivity contribution in [2.24, 2.45) is 0 Å². The largest absolute Gasteiger partial charge is 0.493 e. The van der Waals surface area contributed by atoms with Crippen molar-refractivity contribution in [3.63, 3.8) is 0 Å². The fraction of sp³-hybridized carbons (Fsp3) is 0.640. The summed E-state index contributed by atoms with van der Waals surface area (Å²) in [4.78, 5) is 14.8. The number of carbonyl (C=O) groups is 1. The summed E-state index contributed by atoms with van der Waals surface area (Å²) in [5.74, 6) is 1.21. The maximum absolute atomic E-state index is 12.6. The smallest absolute Gasteiger partial charge is 0.337 e. The van der Waals surface area contributed by atoms with E-state index < -0.39 is 23.1 Å². The van der Waals surface area contributed by atoms with Crippen molar-refractivity contribution in [3.8, 4) is 11.5 Å². The van der Waals surface area contributed by atoms with E-state index in [0.29, 0.717) is 49.9 Å². The SMILES string of the molecule is COCCOCCOCC(=O)OC1=CC[C@@]2(O)[C@H]3Cc4ccc(OC)c5c4C2(CCN3C)[C@H]1O5. The van der Waals surface area contributed by atoms with Crippen LogP contribution in [0.2, 0.25) is 0 Å². The number of ether oxygens (including phenoxy) is 6. The van der Waals surface area contributed by atoms with Gasteiger partial charge < -0.3 is 38.4 Å². The fourth-order valence-corrected chi connectivity index (χ4v) is 6.27. The summed E-state index contributed by atoms with van der Waals surface area (Å²) in [6.45, 7) is 2.26. The summed E-state index contributed by atoms with van der Waals surface area (Å²) in [6, 6.07) is 3.94. The van der Waals surface area contributed by atoms with Gasteiger partial charge in [-0.1, -0.05) is 6.07 Å². The average Bonchev–Trinajstić information content (AvgIpc) is 3.18. The van der Waals surface area contributed by atoms with Gasteiger partial charge in [0, 0.05) is 25.1 Å². The van der Waals surface area contributed by atoms with Crippen LogP contribution in [0.25, 0.3) is 0 Å². The Labute approximate surface area is 199 Å². The lowest BCUT2D eigenvalue weighted by Gasteiger charge is -2.61. The third-order valence-electron chi connectivity index (χ3n) is 7.81. The van der Waals surface area contributed by atoms with Gasteiger partial charge in [0.05, 0.1) is 44.6 Å². The molecule has 0 saturated carbocycles. The number of methoxy groups -OCH3 is 2. The molecule has 1 aromatic rings. The third kappa shape index (κ3) is 3.45. The van der Waals surface area contributed by atoms with Crippen LogP contribution in [0.4, 0.5) is 0 Å². The number of likely N-dealkylation sites (tertiary alicyclic amines) is 1. The maximum atomic E-state index is 12.6. The Morgan fingerprint density at radius 3 is 2.79 bits per heavy atom. The molecule has 1 fully saturated rings. The molecule has 4 aliphatic rings. The van der Waals surface area contributed by atoms with Crippen LogP contribution in [0, 0.1) is 0 Å². The van der Waals surface area contributed by atoms with Crippen molar-refractivity contribution in [1.82, 2.24) is 4.90 Å². The number of piperidine rings is 1. The Bertz CT molecular complexity index is 980. The molecule has 0 radical (unpaired) electrons. The Morgan fingerprint density at radius 2 is 2.00 bits per heavy atom. The second-order valence-corrected chi connectivity index (χ2v) is 9.42. The first-order chi connectivity index (χ1) is 16.5. The number of likely N-dealkylation sites (N-methyl/N-ethyl adjacent to an activating group) is 1. The molecule has 2 aliphatic carbocycles. The van der Waals surface area contributed by atoms with E-state index >= 15 is 0 Å². The Hall–Kier alpha value is -2.17. The molecule has 186 valence electrons. The number of carbonyl (C=O) groups excluding carboxylic acids is 1. The normalized spacial score (nSPS) is 30.9. The van der Waals surface area contributed by atoms with Crippen molar-refractivity contribution >= 4 is 5.97 Å². The molecular weight excluding hydrogens is 442 g/mol. The van der Waals surface area contributed by atoms with Gasteiger partial charge in [-0.05, 0) is 44.1 Å². The van der Waals surface area contributed by atoms with Gasteiger partial charge in [0.2, 0.25) is 0 Å². The number of aliphatic hydroxyl groups is 1. The van der Waals surface area contributed by atoms with Crippen molar-refractivity contribution in [2.75, 3.05) is 60.8 Å². The summed E-state index contributed by atoms with van der Waals surface area (Å²) in [5, 5.41) is 12.2.